The van der Waals surface area contributed by atoms with Crippen molar-refractivity contribution in [2.75, 3.05) is 13.2 Å². The lowest BCUT2D eigenvalue weighted by Gasteiger charge is -2.14. The molecule has 0 fully saturated rings. The zero-order chi connectivity index (χ0) is 13.6. The van der Waals surface area contributed by atoms with Crippen LogP contribution in [0.25, 0.3) is 0 Å². The topological polar surface area (TPSA) is 52.6 Å². The van der Waals surface area contributed by atoms with Gasteiger partial charge in [-0.3, -0.25) is 4.79 Å². The summed E-state index contributed by atoms with van der Waals surface area (Å²) < 4.78 is 45.1. The number of alkyl halides is 3. The van der Waals surface area contributed by atoms with E-state index in [1.807, 2.05) is 0 Å². The third kappa shape index (κ3) is 5.37. The SMILES string of the molecule is C=C(COC(=O)C(C)C(F)(F)F)C(=O)OCC. The van der Waals surface area contributed by atoms with Crippen LogP contribution in [0.1, 0.15) is 13.8 Å². The highest BCUT2D eigenvalue weighted by molar-refractivity contribution is 5.88. The highest BCUT2D eigenvalue weighted by atomic mass is 19.4. The van der Waals surface area contributed by atoms with Crippen LogP contribution in [-0.2, 0) is 19.1 Å². The molecular weight excluding hydrogens is 241 g/mol. The van der Waals surface area contributed by atoms with E-state index in [-0.39, 0.29) is 12.2 Å². The lowest BCUT2D eigenvalue weighted by molar-refractivity contribution is -0.193. The van der Waals surface area contributed by atoms with Gasteiger partial charge >= 0.3 is 18.1 Å². The van der Waals surface area contributed by atoms with Gasteiger partial charge in [0.15, 0.2) is 0 Å². The lowest BCUT2D eigenvalue weighted by atomic mass is 10.2. The summed E-state index contributed by atoms with van der Waals surface area (Å²) in [6, 6.07) is 0. The molecule has 0 aromatic rings. The summed E-state index contributed by atoms with van der Waals surface area (Å²) in [5, 5.41) is 0. The number of rotatable bonds is 5. The third-order valence-corrected chi connectivity index (χ3v) is 1.80. The highest BCUT2D eigenvalue weighted by Gasteiger charge is 2.42. The van der Waals surface area contributed by atoms with Crippen molar-refractivity contribution in [1.82, 2.24) is 0 Å². The van der Waals surface area contributed by atoms with Crippen molar-refractivity contribution >= 4 is 11.9 Å². The first kappa shape index (κ1) is 15.5. The second kappa shape index (κ2) is 6.27. The molecule has 4 nitrogen and oxygen atoms in total. The minimum Gasteiger partial charge on any atom is -0.463 e. The van der Waals surface area contributed by atoms with Crippen LogP contribution in [0, 0.1) is 5.92 Å². The minimum atomic E-state index is -4.66. The number of carbonyl (C=O) groups is 2. The summed E-state index contributed by atoms with van der Waals surface area (Å²) in [6.45, 7) is 4.96. The number of esters is 2. The molecule has 0 aliphatic carbocycles. The van der Waals surface area contributed by atoms with Crippen LogP contribution in [0.4, 0.5) is 13.2 Å². The smallest absolute Gasteiger partial charge is 0.401 e. The third-order valence-electron chi connectivity index (χ3n) is 1.80. The van der Waals surface area contributed by atoms with Gasteiger partial charge in [-0.25, -0.2) is 4.79 Å². The molecule has 0 N–H and O–H groups in total. The highest BCUT2D eigenvalue weighted by Crippen LogP contribution is 2.26. The summed E-state index contributed by atoms with van der Waals surface area (Å²) in [4.78, 5) is 21.9. The number of hydrogen-bond donors (Lipinski definition) is 0. The van der Waals surface area contributed by atoms with E-state index in [0.717, 1.165) is 0 Å². The maximum atomic E-state index is 12.1. The first-order chi connectivity index (χ1) is 7.70. The van der Waals surface area contributed by atoms with Crippen molar-refractivity contribution in [1.29, 1.82) is 0 Å². The Labute approximate surface area is 96.4 Å². The first-order valence-electron chi connectivity index (χ1n) is 4.78. The van der Waals surface area contributed by atoms with Crippen LogP contribution in [0.2, 0.25) is 0 Å². The predicted molar refractivity (Wildman–Crippen MR) is 52.0 cm³/mol. The Balaban J connectivity index is 4.17. The Morgan fingerprint density at radius 2 is 1.82 bits per heavy atom. The number of halogens is 3. The quantitative estimate of drug-likeness (QED) is 0.555. The molecule has 17 heavy (non-hydrogen) atoms. The summed E-state index contributed by atoms with van der Waals surface area (Å²) in [5.41, 5.74) is -0.213. The van der Waals surface area contributed by atoms with Gasteiger partial charge in [0.2, 0.25) is 0 Å². The van der Waals surface area contributed by atoms with Gasteiger partial charge in [0.1, 0.15) is 12.5 Å². The molecule has 0 bridgehead atoms. The molecule has 0 aliphatic rings. The maximum absolute atomic E-state index is 12.1. The van der Waals surface area contributed by atoms with Crippen LogP contribution in [-0.4, -0.2) is 31.3 Å². The predicted octanol–water partition coefficient (Wildman–Crippen LogP) is 1.85. The number of carbonyl (C=O) groups excluding carboxylic acids is 2. The van der Waals surface area contributed by atoms with E-state index >= 15 is 0 Å². The second-order valence-electron chi connectivity index (χ2n) is 3.20. The molecular formula is C10H13F3O4. The van der Waals surface area contributed by atoms with Crippen LogP contribution < -0.4 is 0 Å². The molecule has 0 heterocycles. The fraction of sp³-hybridized carbons (Fsp3) is 0.600. The molecule has 1 unspecified atom stereocenters. The Kier molecular flexibility index (Phi) is 5.70. The van der Waals surface area contributed by atoms with E-state index < -0.39 is 30.6 Å². The number of hydrogen-bond acceptors (Lipinski definition) is 4. The molecule has 0 saturated heterocycles. The monoisotopic (exact) mass is 254 g/mol. The van der Waals surface area contributed by atoms with Gasteiger partial charge in [0, 0.05) is 0 Å². The molecule has 0 aromatic heterocycles. The van der Waals surface area contributed by atoms with E-state index in [0.29, 0.717) is 6.92 Å². The van der Waals surface area contributed by atoms with Crippen LogP contribution >= 0.6 is 0 Å². The van der Waals surface area contributed by atoms with Gasteiger partial charge in [-0.2, -0.15) is 13.2 Å². The van der Waals surface area contributed by atoms with Gasteiger partial charge < -0.3 is 9.47 Å². The van der Waals surface area contributed by atoms with Gasteiger partial charge in [-0.05, 0) is 13.8 Å². The van der Waals surface area contributed by atoms with Crippen molar-refractivity contribution in [3.63, 3.8) is 0 Å². The lowest BCUT2D eigenvalue weighted by Crippen LogP contribution is -2.30. The van der Waals surface area contributed by atoms with Gasteiger partial charge in [-0.15, -0.1) is 0 Å². The normalized spacial score (nSPS) is 12.8. The van der Waals surface area contributed by atoms with E-state index in [1.54, 1.807) is 6.92 Å². The summed E-state index contributed by atoms with van der Waals surface area (Å²) in [6.07, 6.45) is -4.66. The molecule has 0 rings (SSSR count). The van der Waals surface area contributed by atoms with Crippen molar-refractivity contribution in [3.8, 4) is 0 Å². The fourth-order valence-electron chi connectivity index (χ4n) is 0.709. The molecule has 0 amide bonds. The molecule has 1 atom stereocenters. The average molecular weight is 254 g/mol. The van der Waals surface area contributed by atoms with Crippen molar-refractivity contribution < 1.29 is 32.2 Å². The number of ether oxygens (including phenoxy) is 2. The maximum Gasteiger partial charge on any atom is 0.401 e. The largest absolute Gasteiger partial charge is 0.463 e. The average Bonchev–Trinajstić information content (AvgIpc) is 2.23. The molecule has 0 radical (unpaired) electrons. The Morgan fingerprint density at radius 1 is 1.29 bits per heavy atom. The van der Waals surface area contributed by atoms with E-state index in [2.05, 4.69) is 16.1 Å². The molecule has 7 heteroatoms. The Hall–Kier alpha value is -1.53. The van der Waals surface area contributed by atoms with Crippen molar-refractivity contribution in [2.45, 2.75) is 20.0 Å². The summed E-state index contributed by atoms with van der Waals surface area (Å²) in [5.74, 6) is -4.50. The molecule has 0 spiro atoms. The van der Waals surface area contributed by atoms with E-state index in [1.165, 1.54) is 0 Å². The fourth-order valence-corrected chi connectivity index (χ4v) is 0.709. The molecule has 0 aromatic carbocycles. The zero-order valence-electron chi connectivity index (χ0n) is 9.47. The standard InChI is InChI=1S/C10H13F3O4/c1-4-16-8(14)6(2)5-17-9(15)7(3)10(11,12)13/h7H,2,4-5H2,1,3H3. The van der Waals surface area contributed by atoms with Crippen LogP contribution in [0.5, 0.6) is 0 Å². The zero-order valence-corrected chi connectivity index (χ0v) is 9.47. The van der Waals surface area contributed by atoms with E-state index in [4.69, 9.17) is 0 Å². The molecule has 98 valence electrons. The van der Waals surface area contributed by atoms with Crippen molar-refractivity contribution in [3.05, 3.63) is 12.2 Å². The van der Waals surface area contributed by atoms with Crippen LogP contribution in [0.15, 0.2) is 12.2 Å². The van der Waals surface area contributed by atoms with E-state index in [9.17, 15) is 22.8 Å². The van der Waals surface area contributed by atoms with Crippen molar-refractivity contribution in [2.24, 2.45) is 5.92 Å². The van der Waals surface area contributed by atoms with Crippen LogP contribution in [0.3, 0.4) is 0 Å². The molecule has 0 saturated carbocycles. The summed E-state index contributed by atoms with van der Waals surface area (Å²) >= 11 is 0. The first-order valence-corrected chi connectivity index (χ1v) is 4.78. The molecule has 0 aliphatic heterocycles. The Morgan fingerprint density at radius 3 is 2.24 bits per heavy atom. The Bertz CT molecular complexity index is 309. The van der Waals surface area contributed by atoms with Gasteiger partial charge in [0.25, 0.3) is 0 Å². The van der Waals surface area contributed by atoms with Gasteiger partial charge in [-0.1, -0.05) is 6.58 Å². The minimum absolute atomic E-state index is 0.102. The second-order valence-corrected chi connectivity index (χ2v) is 3.20. The van der Waals surface area contributed by atoms with Gasteiger partial charge in [0.05, 0.1) is 12.2 Å². The summed E-state index contributed by atoms with van der Waals surface area (Å²) in [7, 11) is 0.